The number of nitrogens with zero attached hydrogens (tertiary/aromatic N) is 1. The van der Waals surface area contributed by atoms with Crippen molar-refractivity contribution >= 4 is 34.8 Å². The fraction of sp³-hybridized carbons (Fsp3) is 0.304. The van der Waals surface area contributed by atoms with Crippen LogP contribution in [0, 0.1) is 0 Å². The molecule has 0 bridgehead atoms. The van der Waals surface area contributed by atoms with Gasteiger partial charge < -0.3 is 19.9 Å². The first-order chi connectivity index (χ1) is 14.5. The standard InChI is InChI=1S/C20H18ClN3O2.C3H8O/c1-22-20(26)13-4-2-3-12(9-13)19-18-15(7-8-24(19)11-25)16-10-14(21)5-6-17(16)23-18;1-3-4-2/h2-6,9-11,19,23H,7-8H2,1H3,(H,22,26);3H2,1-2H3. The van der Waals surface area contributed by atoms with Gasteiger partial charge in [0.2, 0.25) is 6.41 Å². The Balaban J connectivity index is 0.000000589. The van der Waals surface area contributed by atoms with Gasteiger partial charge in [-0.1, -0.05) is 23.7 Å². The van der Waals surface area contributed by atoms with E-state index in [9.17, 15) is 9.59 Å². The summed E-state index contributed by atoms with van der Waals surface area (Å²) >= 11 is 6.17. The highest BCUT2D eigenvalue weighted by Crippen LogP contribution is 2.38. The normalized spacial score (nSPS) is 15.2. The van der Waals surface area contributed by atoms with Crippen LogP contribution in [0.5, 0.6) is 0 Å². The highest BCUT2D eigenvalue weighted by Gasteiger charge is 2.31. The lowest BCUT2D eigenvalue weighted by molar-refractivity contribution is -0.120. The van der Waals surface area contributed by atoms with Crippen molar-refractivity contribution in [1.82, 2.24) is 15.2 Å². The van der Waals surface area contributed by atoms with Crippen molar-refractivity contribution in [3.63, 3.8) is 0 Å². The number of aromatic amines is 1. The zero-order valence-electron chi connectivity index (χ0n) is 17.4. The van der Waals surface area contributed by atoms with Gasteiger partial charge in [0.15, 0.2) is 0 Å². The van der Waals surface area contributed by atoms with Crippen molar-refractivity contribution in [1.29, 1.82) is 0 Å². The first-order valence-corrected chi connectivity index (χ1v) is 10.2. The van der Waals surface area contributed by atoms with Crippen molar-refractivity contribution in [2.24, 2.45) is 0 Å². The van der Waals surface area contributed by atoms with Gasteiger partial charge in [-0.25, -0.2) is 0 Å². The lowest BCUT2D eigenvalue weighted by atomic mass is 9.92. The number of rotatable bonds is 4. The molecule has 2 N–H and O–H groups in total. The molecule has 3 aromatic rings. The number of ether oxygens (including phenoxy) is 1. The summed E-state index contributed by atoms with van der Waals surface area (Å²) in [6, 6.07) is 12.9. The predicted molar refractivity (Wildman–Crippen MR) is 119 cm³/mol. The van der Waals surface area contributed by atoms with Crippen LogP contribution in [0.3, 0.4) is 0 Å². The maximum absolute atomic E-state index is 12.0. The van der Waals surface area contributed by atoms with Crippen LogP contribution in [-0.4, -0.2) is 49.5 Å². The van der Waals surface area contributed by atoms with Gasteiger partial charge in [0.1, 0.15) is 0 Å². The Bertz CT molecular complexity index is 1050. The molecule has 1 aromatic heterocycles. The number of hydrogen-bond acceptors (Lipinski definition) is 3. The first-order valence-electron chi connectivity index (χ1n) is 9.86. The smallest absolute Gasteiger partial charge is 0.251 e. The van der Waals surface area contributed by atoms with E-state index in [1.165, 1.54) is 5.56 Å². The monoisotopic (exact) mass is 427 g/mol. The van der Waals surface area contributed by atoms with Crippen molar-refractivity contribution in [2.75, 3.05) is 27.3 Å². The summed E-state index contributed by atoms with van der Waals surface area (Å²) < 4.78 is 4.54. The average molecular weight is 428 g/mol. The highest BCUT2D eigenvalue weighted by atomic mass is 35.5. The second kappa shape index (κ2) is 9.78. The average Bonchev–Trinajstić information content (AvgIpc) is 3.15. The third-order valence-electron chi connectivity index (χ3n) is 5.24. The molecule has 2 aromatic carbocycles. The Morgan fingerprint density at radius 1 is 1.33 bits per heavy atom. The van der Waals surface area contributed by atoms with Crippen LogP contribution in [0.25, 0.3) is 10.9 Å². The minimum atomic E-state index is -0.257. The maximum atomic E-state index is 12.0. The molecule has 4 rings (SSSR count). The third kappa shape index (κ3) is 4.35. The number of hydrogen-bond donors (Lipinski definition) is 2. The summed E-state index contributed by atoms with van der Waals surface area (Å²) in [6.07, 6.45) is 1.64. The molecule has 0 saturated carbocycles. The molecular formula is C23H26ClN3O3. The van der Waals surface area contributed by atoms with Gasteiger partial charge in [0.05, 0.1) is 6.04 Å². The fourth-order valence-electron chi connectivity index (χ4n) is 3.75. The molecule has 2 amide bonds. The maximum Gasteiger partial charge on any atom is 0.251 e. The number of fused-ring (bicyclic) bond motifs is 3. The van der Waals surface area contributed by atoms with Crippen LogP contribution in [0.2, 0.25) is 5.02 Å². The number of halogens is 1. The Morgan fingerprint density at radius 3 is 2.77 bits per heavy atom. The van der Waals surface area contributed by atoms with Gasteiger partial charge in [0, 0.05) is 54.5 Å². The summed E-state index contributed by atoms with van der Waals surface area (Å²) in [5.41, 5.74) is 4.63. The molecular weight excluding hydrogens is 402 g/mol. The zero-order valence-corrected chi connectivity index (χ0v) is 18.1. The van der Waals surface area contributed by atoms with Crippen molar-refractivity contribution in [3.8, 4) is 0 Å². The van der Waals surface area contributed by atoms with Crippen molar-refractivity contribution < 1.29 is 14.3 Å². The van der Waals surface area contributed by atoms with E-state index < -0.39 is 0 Å². The van der Waals surface area contributed by atoms with Crippen molar-refractivity contribution in [3.05, 3.63) is 69.9 Å². The molecule has 1 aliphatic heterocycles. The van der Waals surface area contributed by atoms with Crippen LogP contribution in [0.15, 0.2) is 42.5 Å². The van der Waals surface area contributed by atoms with E-state index in [4.69, 9.17) is 11.6 Å². The molecule has 0 saturated heterocycles. The molecule has 1 unspecified atom stereocenters. The van der Waals surface area contributed by atoms with Gasteiger partial charge >= 0.3 is 0 Å². The Hall–Kier alpha value is -2.83. The van der Waals surface area contributed by atoms with Gasteiger partial charge in [-0.05, 0) is 54.8 Å². The molecule has 30 heavy (non-hydrogen) atoms. The minimum absolute atomic E-state index is 0.149. The second-order valence-corrected chi connectivity index (χ2v) is 7.42. The van der Waals surface area contributed by atoms with Gasteiger partial charge in [-0.3, -0.25) is 9.59 Å². The van der Waals surface area contributed by atoms with E-state index in [0.717, 1.165) is 41.6 Å². The SMILES string of the molecule is CCOC.CNC(=O)c1cccc(C2c3[nH]c4ccc(Cl)cc4c3CCN2C=O)c1. The number of benzene rings is 2. The van der Waals surface area contributed by atoms with Crippen LogP contribution >= 0.6 is 11.6 Å². The fourth-order valence-corrected chi connectivity index (χ4v) is 3.92. The number of aromatic nitrogens is 1. The van der Waals surface area contributed by atoms with E-state index >= 15 is 0 Å². The largest absolute Gasteiger partial charge is 0.385 e. The van der Waals surface area contributed by atoms with Gasteiger partial charge in [-0.15, -0.1) is 0 Å². The molecule has 0 radical (unpaired) electrons. The zero-order chi connectivity index (χ0) is 21.7. The molecule has 0 aliphatic carbocycles. The number of carbonyl (C=O) groups is 2. The summed E-state index contributed by atoms with van der Waals surface area (Å²) in [7, 11) is 3.28. The summed E-state index contributed by atoms with van der Waals surface area (Å²) in [6.45, 7) is 3.39. The molecule has 0 fully saturated rings. The second-order valence-electron chi connectivity index (χ2n) is 6.98. The highest BCUT2D eigenvalue weighted by molar-refractivity contribution is 6.31. The molecule has 158 valence electrons. The molecule has 7 heteroatoms. The van der Waals surface area contributed by atoms with E-state index in [2.05, 4.69) is 15.0 Å². The molecule has 1 atom stereocenters. The predicted octanol–water partition coefficient (Wildman–Crippen LogP) is 3.94. The number of carbonyl (C=O) groups excluding carboxylic acids is 2. The topological polar surface area (TPSA) is 74.4 Å². The molecule has 2 heterocycles. The van der Waals surface area contributed by atoms with E-state index in [1.54, 1.807) is 25.1 Å². The van der Waals surface area contributed by atoms with Crippen LogP contribution < -0.4 is 5.32 Å². The van der Waals surface area contributed by atoms with Crippen LogP contribution in [-0.2, 0) is 16.0 Å². The number of amides is 2. The van der Waals surface area contributed by atoms with E-state index in [1.807, 2.05) is 43.3 Å². The Labute approximate surface area is 181 Å². The molecule has 0 spiro atoms. The summed E-state index contributed by atoms with van der Waals surface area (Å²) in [5, 5.41) is 4.42. The van der Waals surface area contributed by atoms with Gasteiger partial charge in [-0.2, -0.15) is 0 Å². The van der Waals surface area contributed by atoms with E-state index in [-0.39, 0.29) is 11.9 Å². The number of methoxy groups -OCH3 is 1. The van der Waals surface area contributed by atoms with Crippen LogP contribution in [0.1, 0.15) is 40.1 Å². The minimum Gasteiger partial charge on any atom is -0.385 e. The van der Waals surface area contributed by atoms with Gasteiger partial charge in [0.25, 0.3) is 5.91 Å². The summed E-state index contributed by atoms with van der Waals surface area (Å²) in [4.78, 5) is 28.9. The Morgan fingerprint density at radius 2 is 2.10 bits per heavy atom. The Kier molecular flexibility index (Phi) is 7.13. The first kappa shape index (κ1) is 21.9. The van der Waals surface area contributed by atoms with E-state index in [0.29, 0.717) is 17.1 Å². The number of nitrogens with one attached hydrogen (secondary N) is 2. The number of H-pyrrole nitrogens is 1. The lowest BCUT2D eigenvalue weighted by Crippen LogP contribution is -2.35. The lowest BCUT2D eigenvalue weighted by Gasteiger charge is -2.33. The molecule has 6 nitrogen and oxygen atoms in total. The quantitative estimate of drug-likeness (QED) is 0.619. The van der Waals surface area contributed by atoms with Crippen molar-refractivity contribution in [2.45, 2.75) is 19.4 Å². The summed E-state index contributed by atoms with van der Waals surface area (Å²) in [5.74, 6) is -0.149. The third-order valence-corrected chi connectivity index (χ3v) is 5.48. The molecule has 1 aliphatic rings. The van der Waals surface area contributed by atoms with Crippen LogP contribution in [0.4, 0.5) is 0 Å².